The van der Waals surface area contributed by atoms with E-state index >= 15 is 0 Å². The van der Waals surface area contributed by atoms with E-state index in [4.69, 9.17) is 21.1 Å². The van der Waals surface area contributed by atoms with Gasteiger partial charge in [0.05, 0.1) is 24.5 Å². The quantitative estimate of drug-likeness (QED) is 0.105. The molecule has 0 bridgehead atoms. The number of anilines is 1. The molecule has 0 unspecified atom stereocenters. The van der Waals surface area contributed by atoms with E-state index in [9.17, 15) is 14.4 Å². The van der Waals surface area contributed by atoms with E-state index in [0.29, 0.717) is 27.6 Å². The Bertz CT molecular complexity index is 1560. The van der Waals surface area contributed by atoms with Gasteiger partial charge in [0.1, 0.15) is 11.5 Å². The minimum absolute atomic E-state index is 0.254. The van der Waals surface area contributed by atoms with Crippen molar-refractivity contribution in [1.82, 2.24) is 5.43 Å². The summed E-state index contributed by atoms with van der Waals surface area (Å²) in [6.45, 7) is 0. The Morgan fingerprint density at radius 2 is 1.62 bits per heavy atom. The molecule has 0 spiro atoms. The SMILES string of the molecule is COc1ccc(Cl)cc1C(=O)Nc1cccc(C(=O)NN=Cc2ccccc2OC(=O)c2ccc(Br)cc2)c1. The fraction of sp³-hybridized carbons (Fsp3) is 0.0345. The number of methoxy groups -OCH3 is 1. The first-order chi connectivity index (χ1) is 18.8. The average Bonchev–Trinajstić information content (AvgIpc) is 2.94. The highest BCUT2D eigenvalue weighted by atomic mass is 79.9. The van der Waals surface area contributed by atoms with Crippen molar-refractivity contribution in [3.63, 3.8) is 0 Å². The summed E-state index contributed by atoms with van der Waals surface area (Å²) >= 11 is 9.35. The van der Waals surface area contributed by atoms with Gasteiger partial charge in [-0.3, -0.25) is 9.59 Å². The molecule has 39 heavy (non-hydrogen) atoms. The van der Waals surface area contributed by atoms with Gasteiger partial charge in [0.2, 0.25) is 0 Å². The number of ether oxygens (including phenoxy) is 2. The molecule has 196 valence electrons. The number of rotatable bonds is 8. The molecular weight excluding hydrogens is 586 g/mol. The van der Waals surface area contributed by atoms with Crippen LogP contribution in [0.15, 0.2) is 101 Å². The molecule has 0 aromatic heterocycles. The first kappa shape index (κ1) is 27.6. The molecule has 0 saturated carbocycles. The van der Waals surface area contributed by atoms with E-state index in [1.807, 2.05) is 0 Å². The van der Waals surface area contributed by atoms with Crippen LogP contribution in [0.25, 0.3) is 0 Å². The largest absolute Gasteiger partial charge is 0.496 e. The molecule has 4 aromatic rings. The number of halogens is 2. The molecule has 0 atom stereocenters. The number of nitrogens with one attached hydrogen (secondary N) is 2. The van der Waals surface area contributed by atoms with Gasteiger partial charge in [-0.25, -0.2) is 10.2 Å². The lowest BCUT2D eigenvalue weighted by Gasteiger charge is -2.10. The van der Waals surface area contributed by atoms with Gasteiger partial charge in [0.25, 0.3) is 11.8 Å². The van der Waals surface area contributed by atoms with Gasteiger partial charge < -0.3 is 14.8 Å². The van der Waals surface area contributed by atoms with Gasteiger partial charge in [0, 0.05) is 26.3 Å². The Morgan fingerprint density at radius 1 is 0.846 bits per heavy atom. The summed E-state index contributed by atoms with van der Waals surface area (Å²) in [4.78, 5) is 38.0. The van der Waals surface area contributed by atoms with Gasteiger partial charge in [0.15, 0.2) is 0 Å². The molecule has 0 aliphatic carbocycles. The molecule has 4 rings (SSSR count). The first-order valence-electron chi connectivity index (χ1n) is 11.5. The van der Waals surface area contributed by atoms with Crippen molar-refractivity contribution >= 4 is 57.2 Å². The van der Waals surface area contributed by atoms with Crippen LogP contribution >= 0.6 is 27.5 Å². The topological polar surface area (TPSA) is 106 Å². The fourth-order valence-corrected chi connectivity index (χ4v) is 3.88. The lowest BCUT2D eigenvalue weighted by molar-refractivity contribution is 0.0734. The summed E-state index contributed by atoms with van der Waals surface area (Å²) in [6.07, 6.45) is 1.37. The third kappa shape index (κ3) is 7.31. The number of hydrogen-bond acceptors (Lipinski definition) is 6. The molecule has 0 aliphatic heterocycles. The van der Waals surface area contributed by atoms with E-state index in [0.717, 1.165) is 4.47 Å². The lowest BCUT2D eigenvalue weighted by Crippen LogP contribution is -2.18. The number of para-hydroxylation sites is 1. The maximum atomic E-state index is 12.8. The van der Waals surface area contributed by atoms with Crippen molar-refractivity contribution < 1.29 is 23.9 Å². The minimum atomic E-state index is -0.526. The second-order valence-corrected chi connectivity index (χ2v) is 9.37. The highest BCUT2D eigenvalue weighted by Gasteiger charge is 2.15. The van der Waals surface area contributed by atoms with E-state index in [1.54, 1.807) is 78.9 Å². The monoisotopic (exact) mass is 605 g/mol. The number of hydrogen-bond donors (Lipinski definition) is 2. The van der Waals surface area contributed by atoms with E-state index in [1.165, 1.54) is 25.5 Å². The predicted octanol–water partition coefficient (Wildman–Crippen LogP) is 6.35. The standard InChI is InChI=1S/C29H21BrClN3O5/c1-38-26-14-13-22(31)16-24(26)28(36)33-23-7-4-6-19(15-23)27(35)34-32-17-20-5-2-3-8-25(20)39-29(37)18-9-11-21(30)12-10-18/h2-17H,1H3,(H,33,36)(H,34,35). The zero-order valence-corrected chi connectivity index (χ0v) is 22.8. The maximum absolute atomic E-state index is 12.8. The molecule has 0 saturated heterocycles. The smallest absolute Gasteiger partial charge is 0.343 e. The number of carbonyl (C=O) groups is 3. The highest BCUT2D eigenvalue weighted by molar-refractivity contribution is 9.10. The Kier molecular flexibility index (Phi) is 9.09. The fourth-order valence-electron chi connectivity index (χ4n) is 3.44. The minimum Gasteiger partial charge on any atom is -0.496 e. The molecular formula is C29H21BrClN3O5. The zero-order valence-electron chi connectivity index (χ0n) is 20.5. The van der Waals surface area contributed by atoms with Crippen LogP contribution in [0.1, 0.15) is 36.6 Å². The molecule has 4 aromatic carbocycles. The normalized spacial score (nSPS) is 10.6. The third-order valence-corrected chi connectivity index (χ3v) is 6.12. The van der Waals surface area contributed by atoms with Crippen LogP contribution < -0.4 is 20.2 Å². The van der Waals surface area contributed by atoms with Crippen molar-refractivity contribution in [2.24, 2.45) is 5.10 Å². The number of amides is 2. The number of nitrogens with zero attached hydrogens (tertiary/aromatic N) is 1. The molecule has 10 heteroatoms. The van der Waals surface area contributed by atoms with Gasteiger partial charge in [-0.1, -0.05) is 45.7 Å². The Balaban J connectivity index is 1.41. The molecule has 0 aliphatic rings. The Hall–Kier alpha value is -4.47. The summed E-state index contributed by atoms with van der Waals surface area (Å²) in [5, 5.41) is 7.12. The molecule has 0 heterocycles. The van der Waals surface area contributed by atoms with Gasteiger partial charge in [-0.05, 0) is 72.8 Å². The van der Waals surface area contributed by atoms with Crippen molar-refractivity contribution in [3.05, 3.63) is 123 Å². The third-order valence-electron chi connectivity index (χ3n) is 5.36. The number of hydrazone groups is 1. The molecule has 2 amide bonds. The molecule has 2 N–H and O–H groups in total. The first-order valence-corrected chi connectivity index (χ1v) is 12.7. The second-order valence-electron chi connectivity index (χ2n) is 8.01. The van der Waals surface area contributed by atoms with E-state index in [-0.39, 0.29) is 16.9 Å². The van der Waals surface area contributed by atoms with Crippen LogP contribution in [-0.4, -0.2) is 31.1 Å². The summed E-state index contributed by atoms with van der Waals surface area (Å²) in [7, 11) is 1.45. The van der Waals surface area contributed by atoms with Gasteiger partial charge in [-0.15, -0.1) is 0 Å². The Morgan fingerprint density at radius 3 is 2.38 bits per heavy atom. The van der Waals surface area contributed by atoms with Crippen LogP contribution in [0.4, 0.5) is 5.69 Å². The number of benzene rings is 4. The number of carbonyl (C=O) groups excluding carboxylic acids is 3. The zero-order chi connectivity index (χ0) is 27.8. The summed E-state index contributed by atoms with van der Waals surface area (Å²) in [6, 6.07) is 24.6. The molecule has 0 radical (unpaired) electrons. The second kappa shape index (κ2) is 12.9. The van der Waals surface area contributed by atoms with Crippen LogP contribution in [0.2, 0.25) is 5.02 Å². The van der Waals surface area contributed by atoms with Crippen LogP contribution in [-0.2, 0) is 0 Å². The van der Waals surface area contributed by atoms with Crippen LogP contribution in [0.5, 0.6) is 11.5 Å². The van der Waals surface area contributed by atoms with Crippen LogP contribution in [0, 0.1) is 0 Å². The summed E-state index contributed by atoms with van der Waals surface area (Å²) < 4.78 is 11.6. The average molecular weight is 607 g/mol. The predicted molar refractivity (Wildman–Crippen MR) is 153 cm³/mol. The van der Waals surface area contributed by atoms with E-state index in [2.05, 4.69) is 31.8 Å². The van der Waals surface area contributed by atoms with Crippen molar-refractivity contribution in [2.45, 2.75) is 0 Å². The van der Waals surface area contributed by atoms with Gasteiger partial charge >= 0.3 is 5.97 Å². The van der Waals surface area contributed by atoms with Crippen molar-refractivity contribution in [1.29, 1.82) is 0 Å². The maximum Gasteiger partial charge on any atom is 0.343 e. The summed E-state index contributed by atoms with van der Waals surface area (Å²) in [5.41, 5.74) is 4.22. The van der Waals surface area contributed by atoms with Crippen LogP contribution in [0.3, 0.4) is 0 Å². The highest BCUT2D eigenvalue weighted by Crippen LogP contribution is 2.24. The molecule has 8 nitrogen and oxygen atoms in total. The van der Waals surface area contributed by atoms with E-state index < -0.39 is 17.8 Å². The summed E-state index contributed by atoms with van der Waals surface area (Å²) in [5.74, 6) is -0.833. The Labute approximate surface area is 237 Å². The van der Waals surface area contributed by atoms with Gasteiger partial charge in [-0.2, -0.15) is 5.10 Å². The van der Waals surface area contributed by atoms with Crippen molar-refractivity contribution in [2.75, 3.05) is 12.4 Å². The molecule has 0 fully saturated rings. The van der Waals surface area contributed by atoms with Crippen molar-refractivity contribution in [3.8, 4) is 11.5 Å². The lowest BCUT2D eigenvalue weighted by atomic mass is 10.1. The number of esters is 1.